The maximum absolute atomic E-state index is 12.6. The van der Waals surface area contributed by atoms with Crippen LogP contribution in [0.5, 0.6) is 0 Å². The summed E-state index contributed by atoms with van der Waals surface area (Å²) in [7, 11) is 0. The Kier molecular flexibility index (Phi) is 5.64. The molecule has 7 heteroatoms. The number of rotatable bonds is 5. The van der Waals surface area contributed by atoms with E-state index in [9.17, 15) is 9.59 Å². The number of carbonyl (C=O) groups is 2. The third kappa shape index (κ3) is 4.91. The minimum atomic E-state index is -0.305. The molecule has 3 N–H and O–H groups in total. The fourth-order valence-corrected chi connectivity index (χ4v) is 2.59. The van der Waals surface area contributed by atoms with Crippen molar-refractivity contribution in [3.63, 3.8) is 0 Å². The van der Waals surface area contributed by atoms with E-state index in [4.69, 9.17) is 0 Å². The van der Waals surface area contributed by atoms with Crippen LogP contribution in [-0.2, 0) is 4.79 Å². The van der Waals surface area contributed by atoms with Gasteiger partial charge >= 0.3 is 0 Å². The van der Waals surface area contributed by atoms with Crippen molar-refractivity contribution in [1.29, 1.82) is 0 Å². The number of hydrogen-bond donors (Lipinski definition) is 3. The first-order chi connectivity index (χ1) is 13.4. The van der Waals surface area contributed by atoms with Crippen molar-refractivity contribution in [1.82, 2.24) is 9.97 Å². The summed E-state index contributed by atoms with van der Waals surface area (Å²) in [6.45, 7) is 5.36. The third-order valence-electron chi connectivity index (χ3n) is 4.02. The first-order valence-electron chi connectivity index (χ1n) is 8.76. The molecule has 2 amide bonds. The van der Waals surface area contributed by atoms with Crippen LogP contribution in [0.3, 0.4) is 0 Å². The number of aryl methyl sites for hydroxylation is 2. The summed E-state index contributed by atoms with van der Waals surface area (Å²) in [6, 6.07) is 14.6. The Labute approximate surface area is 163 Å². The Hall–Kier alpha value is -3.74. The van der Waals surface area contributed by atoms with E-state index in [0.29, 0.717) is 11.5 Å². The van der Waals surface area contributed by atoms with Crippen molar-refractivity contribution in [2.24, 2.45) is 0 Å². The van der Waals surface area contributed by atoms with Crippen LogP contribution in [0.4, 0.5) is 22.9 Å². The zero-order chi connectivity index (χ0) is 20.1. The van der Waals surface area contributed by atoms with Gasteiger partial charge in [-0.1, -0.05) is 12.1 Å². The van der Waals surface area contributed by atoms with Gasteiger partial charge in [0.1, 0.15) is 17.8 Å². The summed E-state index contributed by atoms with van der Waals surface area (Å²) < 4.78 is 0. The van der Waals surface area contributed by atoms with Crippen LogP contribution >= 0.6 is 0 Å². The van der Waals surface area contributed by atoms with Gasteiger partial charge in [-0.05, 0) is 55.3 Å². The molecule has 0 spiro atoms. The highest BCUT2D eigenvalue weighted by molar-refractivity contribution is 6.03. The molecule has 1 aromatic heterocycles. The van der Waals surface area contributed by atoms with Gasteiger partial charge in [0.25, 0.3) is 5.91 Å². The molecule has 28 heavy (non-hydrogen) atoms. The summed E-state index contributed by atoms with van der Waals surface area (Å²) in [5.41, 5.74) is 4.53. The highest BCUT2D eigenvalue weighted by atomic mass is 16.2. The van der Waals surface area contributed by atoms with Gasteiger partial charge in [-0.15, -0.1) is 0 Å². The average Bonchev–Trinajstić information content (AvgIpc) is 2.66. The summed E-state index contributed by atoms with van der Waals surface area (Å²) in [6.07, 6.45) is 1.34. The van der Waals surface area contributed by atoms with Gasteiger partial charge in [0.15, 0.2) is 0 Å². The van der Waals surface area contributed by atoms with Crippen LogP contribution in [0.25, 0.3) is 0 Å². The fourth-order valence-electron chi connectivity index (χ4n) is 2.59. The summed E-state index contributed by atoms with van der Waals surface area (Å²) in [5, 5.41) is 8.71. The van der Waals surface area contributed by atoms with Gasteiger partial charge in [0, 0.05) is 30.1 Å². The molecule has 0 aliphatic rings. The van der Waals surface area contributed by atoms with E-state index in [1.54, 1.807) is 18.2 Å². The molecule has 0 unspecified atom stereocenters. The molecule has 142 valence electrons. The molecule has 7 nitrogen and oxygen atoms in total. The lowest BCUT2D eigenvalue weighted by Gasteiger charge is -2.10. The van der Waals surface area contributed by atoms with Crippen LogP contribution in [-0.4, -0.2) is 21.8 Å². The Morgan fingerprint density at radius 3 is 2.29 bits per heavy atom. The number of nitrogens with one attached hydrogen (secondary N) is 3. The predicted molar refractivity (Wildman–Crippen MR) is 110 cm³/mol. The van der Waals surface area contributed by atoms with E-state index in [1.165, 1.54) is 13.3 Å². The number of anilines is 4. The van der Waals surface area contributed by atoms with Crippen molar-refractivity contribution in [3.05, 3.63) is 71.7 Å². The van der Waals surface area contributed by atoms with E-state index in [0.717, 1.165) is 22.5 Å². The predicted octanol–water partition coefficient (Wildman–Crippen LogP) is 4.05. The Bertz CT molecular complexity index is 1020. The van der Waals surface area contributed by atoms with Crippen molar-refractivity contribution < 1.29 is 9.59 Å². The minimum absolute atomic E-state index is 0.129. The molecule has 0 bridgehead atoms. The zero-order valence-corrected chi connectivity index (χ0v) is 15.9. The van der Waals surface area contributed by atoms with Crippen molar-refractivity contribution in [3.8, 4) is 0 Å². The second kappa shape index (κ2) is 8.30. The van der Waals surface area contributed by atoms with Gasteiger partial charge in [0.05, 0.1) is 0 Å². The summed E-state index contributed by atoms with van der Waals surface area (Å²) in [4.78, 5) is 31.9. The molecule has 3 aromatic rings. The van der Waals surface area contributed by atoms with Crippen molar-refractivity contribution in [2.45, 2.75) is 20.8 Å². The molecule has 0 saturated heterocycles. The van der Waals surface area contributed by atoms with Crippen molar-refractivity contribution in [2.75, 3.05) is 16.0 Å². The summed E-state index contributed by atoms with van der Waals surface area (Å²) >= 11 is 0. The van der Waals surface area contributed by atoms with E-state index < -0.39 is 0 Å². The lowest BCUT2D eigenvalue weighted by molar-refractivity contribution is -0.114. The van der Waals surface area contributed by atoms with Crippen LogP contribution < -0.4 is 16.0 Å². The fraction of sp³-hybridized carbons (Fsp3) is 0.143. The maximum Gasteiger partial charge on any atom is 0.274 e. The van der Waals surface area contributed by atoms with Gasteiger partial charge < -0.3 is 16.0 Å². The Balaban J connectivity index is 1.72. The largest absolute Gasteiger partial charge is 0.340 e. The van der Waals surface area contributed by atoms with Crippen LogP contribution in [0, 0.1) is 13.8 Å². The molecule has 0 aliphatic heterocycles. The second-order valence-electron chi connectivity index (χ2n) is 6.44. The van der Waals surface area contributed by atoms with Crippen LogP contribution in [0.15, 0.2) is 54.9 Å². The SMILES string of the molecule is CC(=O)Nc1ccc(Nc2cc(C(=O)Nc3cc(C)ccc3C)ncn2)cc1. The number of benzene rings is 2. The smallest absolute Gasteiger partial charge is 0.274 e. The number of nitrogens with zero attached hydrogens (tertiary/aromatic N) is 2. The standard InChI is InChI=1S/C21H21N5O2/c1-13-4-5-14(2)18(10-13)26-21(28)19-11-20(23-12-22-19)25-17-8-6-16(7-9-17)24-15(3)27/h4-12H,1-3H3,(H,24,27)(H,26,28)(H,22,23,25). The minimum Gasteiger partial charge on any atom is -0.340 e. The van der Waals surface area contributed by atoms with Gasteiger partial charge in [-0.25, -0.2) is 9.97 Å². The average molecular weight is 375 g/mol. The molecule has 3 rings (SSSR count). The normalized spacial score (nSPS) is 10.2. The number of hydrogen-bond acceptors (Lipinski definition) is 5. The highest BCUT2D eigenvalue weighted by Gasteiger charge is 2.11. The first kappa shape index (κ1) is 19.0. The molecule has 0 saturated carbocycles. The topological polar surface area (TPSA) is 96.0 Å². The molecule has 0 aliphatic carbocycles. The molecule has 0 fully saturated rings. The quantitative estimate of drug-likeness (QED) is 0.625. The van der Waals surface area contributed by atoms with E-state index in [-0.39, 0.29) is 17.5 Å². The molecule has 1 heterocycles. The van der Waals surface area contributed by atoms with E-state index in [2.05, 4.69) is 25.9 Å². The molecule has 0 atom stereocenters. The Morgan fingerprint density at radius 2 is 1.57 bits per heavy atom. The van der Waals surface area contributed by atoms with Gasteiger partial charge in [-0.2, -0.15) is 0 Å². The maximum atomic E-state index is 12.6. The molecule has 0 radical (unpaired) electrons. The monoisotopic (exact) mass is 375 g/mol. The lowest BCUT2D eigenvalue weighted by atomic mass is 10.1. The first-order valence-corrected chi connectivity index (χ1v) is 8.76. The lowest BCUT2D eigenvalue weighted by Crippen LogP contribution is -2.15. The molecule has 2 aromatic carbocycles. The summed E-state index contributed by atoms with van der Waals surface area (Å²) in [5.74, 6) is 0.0598. The zero-order valence-electron chi connectivity index (χ0n) is 15.9. The van der Waals surface area contributed by atoms with Crippen molar-refractivity contribution >= 4 is 34.7 Å². The van der Waals surface area contributed by atoms with Gasteiger partial charge in [0.2, 0.25) is 5.91 Å². The Morgan fingerprint density at radius 1 is 0.857 bits per heavy atom. The number of amides is 2. The number of aromatic nitrogens is 2. The third-order valence-corrected chi connectivity index (χ3v) is 4.02. The second-order valence-corrected chi connectivity index (χ2v) is 6.44. The van der Waals surface area contributed by atoms with Crippen LogP contribution in [0.2, 0.25) is 0 Å². The van der Waals surface area contributed by atoms with Gasteiger partial charge in [-0.3, -0.25) is 9.59 Å². The number of carbonyl (C=O) groups excluding carboxylic acids is 2. The van der Waals surface area contributed by atoms with E-state index >= 15 is 0 Å². The van der Waals surface area contributed by atoms with Crippen LogP contribution in [0.1, 0.15) is 28.5 Å². The molecular weight excluding hydrogens is 354 g/mol. The van der Waals surface area contributed by atoms with E-state index in [1.807, 2.05) is 44.2 Å². The highest BCUT2D eigenvalue weighted by Crippen LogP contribution is 2.19. The molecular formula is C21H21N5O2.